The quantitative estimate of drug-likeness (QED) is 0.918. The first kappa shape index (κ1) is 14.1. The topological polar surface area (TPSA) is 42.4 Å². The van der Waals surface area contributed by atoms with Gasteiger partial charge in [-0.2, -0.15) is 0 Å². The first-order valence-electron chi connectivity index (χ1n) is 5.86. The fourth-order valence-corrected chi connectivity index (χ4v) is 2.05. The van der Waals surface area contributed by atoms with Crippen molar-refractivity contribution in [3.05, 3.63) is 51.6 Å². The highest BCUT2D eigenvalue weighted by molar-refractivity contribution is 6.31. The molecule has 0 atom stereocenters. The number of aryl methyl sites for hydroxylation is 1. The van der Waals surface area contributed by atoms with Crippen LogP contribution in [0.2, 0.25) is 10.0 Å². The molecule has 0 spiro atoms. The molecule has 1 N–H and O–H groups in total. The van der Waals surface area contributed by atoms with Crippen LogP contribution in [0, 0.1) is 0 Å². The molecule has 1 aromatic heterocycles. The van der Waals surface area contributed by atoms with Crippen LogP contribution < -0.4 is 4.74 Å². The SMILES string of the molecule is CCc1cc(Oc2ccc(Cl)c(CO)n2)ccc1Cl. The number of nitrogens with zero attached hydrogens (tertiary/aromatic N) is 1. The molecule has 1 heterocycles. The Morgan fingerprint density at radius 1 is 1.16 bits per heavy atom. The highest BCUT2D eigenvalue weighted by Crippen LogP contribution is 2.27. The summed E-state index contributed by atoms with van der Waals surface area (Å²) in [7, 11) is 0. The van der Waals surface area contributed by atoms with E-state index in [0.717, 1.165) is 17.0 Å². The predicted molar refractivity (Wildman–Crippen MR) is 76.1 cm³/mol. The Morgan fingerprint density at radius 2 is 1.89 bits per heavy atom. The molecule has 5 heteroatoms. The van der Waals surface area contributed by atoms with Gasteiger partial charge in [0.15, 0.2) is 0 Å². The van der Waals surface area contributed by atoms with E-state index in [-0.39, 0.29) is 6.61 Å². The second kappa shape index (κ2) is 6.24. The Hall–Kier alpha value is -1.29. The maximum atomic E-state index is 9.11. The summed E-state index contributed by atoms with van der Waals surface area (Å²) >= 11 is 11.9. The Labute approximate surface area is 121 Å². The smallest absolute Gasteiger partial charge is 0.219 e. The summed E-state index contributed by atoms with van der Waals surface area (Å²) in [6.45, 7) is 1.80. The average molecular weight is 298 g/mol. The maximum absolute atomic E-state index is 9.11. The van der Waals surface area contributed by atoms with Crippen LogP contribution in [0.25, 0.3) is 0 Å². The molecule has 2 rings (SSSR count). The Balaban J connectivity index is 2.25. The summed E-state index contributed by atoms with van der Waals surface area (Å²) in [5.41, 5.74) is 1.40. The molecule has 2 aromatic rings. The average Bonchev–Trinajstić information content (AvgIpc) is 2.43. The van der Waals surface area contributed by atoms with Crippen LogP contribution in [0.15, 0.2) is 30.3 Å². The third-order valence-corrected chi connectivity index (χ3v) is 3.38. The van der Waals surface area contributed by atoms with Gasteiger partial charge in [-0.05, 0) is 36.2 Å². The fourth-order valence-electron chi connectivity index (χ4n) is 1.64. The summed E-state index contributed by atoms with van der Waals surface area (Å²) in [4.78, 5) is 4.13. The number of benzene rings is 1. The Morgan fingerprint density at radius 3 is 2.58 bits per heavy atom. The van der Waals surface area contributed by atoms with Gasteiger partial charge in [-0.3, -0.25) is 0 Å². The molecule has 0 saturated carbocycles. The van der Waals surface area contributed by atoms with Crippen molar-refractivity contribution in [1.82, 2.24) is 4.98 Å². The Bertz CT molecular complexity index is 536. The van der Waals surface area contributed by atoms with E-state index >= 15 is 0 Å². The molecule has 0 radical (unpaired) electrons. The summed E-state index contributed by atoms with van der Waals surface area (Å²) in [5.74, 6) is 1.04. The molecule has 1 aromatic carbocycles. The van der Waals surface area contributed by atoms with Crippen LogP contribution in [0.5, 0.6) is 11.6 Å². The molecule has 0 aliphatic carbocycles. The third-order valence-electron chi connectivity index (χ3n) is 2.66. The van der Waals surface area contributed by atoms with Gasteiger partial charge in [0.05, 0.1) is 17.3 Å². The molecule has 0 saturated heterocycles. The molecular formula is C14H13Cl2NO2. The van der Waals surface area contributed by atoms with Crippen molar-refractivity contribution >= 4 is 23.2 Å². The fraction of sp³-hybridized carbons (Fsp3) is 0.214. The predicted octanol–water partition coefficient (Wildman–Crippen LogP) is 4.24. The van der Waals surface area contributed by atoms with E-state index < -0.39 is 0 Å². The highest BCUT2D eigenvalue weighted by atomic mass is 35.5. The molecule has 0 unspecified atom stereocenters. The monoisotopic (exact) mass is 297 g/mol. The zero-order chi connectivity index (χ0) is 13.8. The van der Waals surface area contributed by atoms with E-state index in [0.29, 0.717) is 22.3 Å². The van der Waals surface area contributed by atoms with Gasteiger partial charge in [-0.25, -0.2) is 4.98 Å². The Kier molecular flexibility index (Phi) is 4.64. The van der Waals surface area contributed by atoms with Crippen molar-refractivity contribution in [2.24, 2.45) is 0 Å². The minimum absolute atomic E-state index is 0.225. The number of aliphatic hydroxyl groups excluding tert-OH is 1. The maximum Gasteiger partial charge on any atom is 0.219 e. The number of aliphatic hydroxyl groups is 1. The lowest BCUT2D eigenvalue weighted by molar-refractivity contribution is 0.275. The summed E-state index contributed by atoms with van der Waals surface area (Å²) in [6.07, 6.45) is 0.825. The number of halogens is 2. The van der Waals surface area contributed by atoms with Gasteiger partial charge in [0.25, 0.3) is 0 Å². The van der Waals surface area contributed by atoms with Crippen molar-refractivity contribution in [3.63, 3.8) is 0 Å². The molecule has 0 aliphatic heterocycles. The van der Waals surface area contributed by atoms with Crippen LogP contribution in [0.1, 0.15) is 18.2 Å². The van der Waals surface area contributed by atoms with E-state index in [2.05, 4.69) is 4.98 Å². The molecule has 0 bridgehead atoms. The van der Waals surface area contributed by atoms with E-state index in [1.807, 2.05) is 13.0 Å². The normalized spacial score (nSPS) is 10.5. The molecule has 0 aliphatic rings. The number of pyridine rings is 1. The molecule has 3 nitrogen and oxygen atoms in total. The molecule has 100 valence electrons. The zero-order valence-electron chi connectivity index (χ0n) is 10.4. The zero-order valence-corrected chi connectivity index (χ0v) is 11.9. The summed E-state index contributed by atoms with van der Waals surface area (Å²) < 4.78 is 5.63. The van der Waals surface area contributed by atoms with Crippen molar-refractivity contribution < 1.29 is 9.84 Å². The van der Waals surface area contributed by atoms with Gasteiger partial charge in [0.1, 0.15) is 5.75 Å². The van der Waals surface area contributed by atoms with E-state index in [1.165, 1.54) is 0 Å². The largest absolute Gasteiger partial charge is 0.439 e. The van der Waals surface area contributed by atoms with Gasteiger partial charge in [-0.15, -0.1) is 0 Å². The van der Waals surface area contributed by atoms with Crippen molar-refractivity contribution in [3.8, 4) is 11.6 Å². The van der Waals surface area contributed by atoms with Gasteiger partial charge >= 0.3 is 0 Å². The molecular weight excluding hydrogens is 285 g/mol. The second-order valence-electron chi connectivity index (χ2n) is 3.94. The molecule has 19 heavy (non-hydrogen) atoms. The van der Waals surface area contributed by atoms with Gasteiger partial charge < -0.3 is 9.84 Å². The van der Waals surface area contributed by atoms with E-state index in [1.54, 1.807) is 24.3 Å². The van der Waals surface area contributed by atoms with Crippen LogP contribution in [0.4, 0.5) is 0 Å². The van der Waals surface area contributed by atoms with Crippen LogP contribution in [-0.4, -0.2) is 10.1 Å². The van der Waals surface area contributed by atoms with Crippen LogP contribution in [-0.2, 0) is 13.0 Å². The first-order valence-corrected chi connectivity index (χ1v) is 6.62. The van der Waals surface area contributed by atoms with Crippen molar-refractivity contribution in [2.45, 2.75) is 20.0 Å². The third kappa shape index (κ3) is 3.38. The van der Waals surface area contributed by atoms with Gasteiger partial charge in [-0.1, -0.05) is 30.1 Å². The number of ether oxygens (including phenoxy) is 1. The summed E-state index contributed by atoms with van der Waals surface area (Å²) in [6, 6.07) is 8.74. The second-order valence-corrected chi connectivity index (χ2v) is 4.76. The summed E-state index contributed by atoms with van der Waals surface area (Å²) in [5, 5.41) is 10.2. The van der Waals surface area contributed by atoms with Crippen LogP contribution in [0.3, 0.4) is 0 Å². The lowest BCUT2D eigenvalue weighted by atomic mass is 10.1. The van der Waals surface area contributed by atoms with E-state index in [4.69, 9.17) is 33.0 Å². The first-order chi connectivity index (χ1) is 9.13. The van der Waals surface area contributed by atoms with Crippen LogP contribution >= 0.6 is 23.2 Å². The van der Waals surface area contributed by atoms with Gasteiger partial charge in [0.2, 0.25) is 5.88 Å². The van der Waals surface area contributed by atoms with E-state index in [9.17, 15) is 0 Å². The van der Waals surface area contributed by atoms with Gasteiger partial charge in [0, 0.05) is 11.1 Å². The number of hydrogen-bond acceptors (Lipinski definition) is 3. The lowest BCUT2D eigenvalue weighted by Crippen LogP contribution is -1.95. The minimum atomic E-state index is -0.225. The lowest BCUT2D eigenvalue weighted by Gasteiger charge is -2.09. The highest BCUT2D eigenvalue weighted by Gasteiger charge is 2.06. The molecule has 0 fully saturated rings. The molecule has 0 amide bonds. The number of rotatable bonds is 4. The number of hydrogen-bond donors (Lipinski definition) is 1. The number of aromatic nitrogens is 1. The standard InChI is InChI=1S/C14H13Cl2NO2/c1-2-9-7-10(3-4-11(9)15)19-14-6-5-12(16)13(8-18)17-14/h3-7,18H,2,8H2,1H3. The minimum Gasteiger partial charge on any atom is -0.439 e. The van der Waals surface area contributed by atoms with Crippen molar-refractivity contribution in [1.29, 1.82) is 0 Å². The van der Waals surface area contributed by atoms with Crippen molar-refractivity contribution in [2.75, 3.05) is 0 Å².